The standard InChI is InChI=1S/C17H23NO2/c1-11(2)9-17(20)15(14(5)19)10-18-16-8-6-7-12(3)13(16)4/h6-8,10-11,20H,9H2,1-5H3. The number of allylic oxidation sites excluding steroid dienone is 2. The molecule has 0 fully saturated rings. The number of carbonyl (C=O) groups excluding carboxylic acids is 1. The molecule has 1 aromatic carbocycles. The Morgan fingerprint density at radius 2 is 2.00 bits per heavy atom. The van der Waals surface area contributed by atoms with Gasteiger partial charge in [0.1, 0.15) is 5.76 Å². The Bertz CT molecular complexity index is 554. The van der Waals surface area contributed by atoms with Gasteiger partial charge in [-0.1, -0.05) is 26.0 Å². The first kappa shape index (κ1) is 16.2. The van der Waals surface area contributed by atoms with Gasteiger partial charge in [-0.25, -0.2) is 0 Å². The van der Waals surface area contributed by atoms with Crippen LogP contribution >= 0.6 is 0 Å². The normalized spacial score (nSPS) is 12.9. The molecule has 0 heterocycles. The van der Waals surface area contributed by atoms with Crippen LogP contribution in [0.4, 0.5) is 5.69 Å². The summed E-state index contributed by atoms with van der Waals surface area (Å²) in [5, 5.41) is 10.0. The highest BCUT2D eigenvalue weighted by atomic mass is 16.3. The lowest BCUT2D eigenvalue weighted by Gasteiger charge is -2.07. The summed E-state index contributed by atoms with van der Waals surface area (Å²) >= 11 is 0. The highest BCUT2D eigenvalue weighted by molar-refractivity contribution is 6.13. The van der Waals surface area contributed by atoms with Crippen LogP contribution in [0.15, 0.2) is 34.5 Å². The molecule has 0 saturated heterocycles. The second-order valence-corrected chi connectivity index (χ2v) is 5.49. The maximum atomic E-state index is 11.6. The number of aryl methyl sites for hydroxylation is 1. The highest BCUT2D eigenvalue weighted by Crippen LogP contribution is 2.21. The van der Waals surface area contributed by atoms with Gasteiger partial charge in [-0.2, -0.15) is 0 Å². The van der Waals surface area contributed by atoms with E-state index in [4.69, 9.17) is 0 Å². The lowest BCUT2D eigenvalue weighted by atomic mass is 10.0. The monoisotopic (exact) mass is 273 g/mol. The number of benzene rings is 1. The highest BCUT2D eigenvalue weighted by Gasteiger charge is 2.10. The number of nitrogens with zero attached hydrogens (tertiary/aromatic N) is 1. The van der Waals surface area contributed by atoms with Gasteiger partial charge in [0.05, 0.1) is 11.3 Å². The molecule has 0 aromatic heterocycles. The van der Waals surface area contributed by atoms with Gasteiger partial charge in [0.25, 0.3) is 0 Å². The van der Waals surface area contributed by atoms with Gasteiger partial charge in [-0.3, -0.25) is 9.79 Å². The van der Waals surface area contributed by atoms with Crippen LogP contribution in [0.25, 0.3) is 0 Å². The van der Waals surface area contributed by atoms with Crippen LogP contribution in [-0.4, -0.2) is 17.1 Å². The first-order valence-corrected chi connectivity index (χ1v) is 6.86. The maximum absolute atomic E-state index is 11.6. The van der Waals surface area contributed by atoms with Crippen molar-refractivity contribution in [1.29, 1.82) is 0 Å². The van der Waals surface area contributed by atoms with Gasteiger partial charge in [0, 0.05) is 12.6 Å². The minimum absolute atomic E-state index is 0.113. The van der Waals surface area contributed by atoms with Crippen LogP contribution in [0.2, 0.25) is 0 Å². The summed E-state index contributed by atoms with van der Waals surface area (Å²) in [7, 11) is 0. The fourth-order valence-corrected chi connectivity index (χ4v) is 1.87. The first-order chi connectivity index (χ1) is 9.32. The van der Waals surface area contributed by atoms with Crippen LogP contribution in [0, 0.1) is 19.8 Å². The van der Waals surface area contributed by atoms with Crippen molar-refractivity contribution < 1.29 is 9.90 Å². The molecular weight excluding hydrogens is 250 g/mol. The summed E-state index contributed by atoms with van der Waals surface area (Å²) in [6.45, 7) is 9.45. The quantitative estimate of drug-likeness (QED) is 0.489. The van der Waals surface area contributed by atoms with Crippen LogP contribution in [-0.2, 0) is 4.79 Å². The van der Waals surface area contributed by atoms with E-state index in [1.165, 1.54) is 13.1 Å². The summed E-state index contributed by atoms with van der Waals surface area (Å²) in [5.41, 5.74) is 3.34. The largest absolute Gasteiger partial charge is 0.511 e. The number of Topliss-reactive ketones (excluding diaryl/α,β-unsaturated/α-hetero) is 1. The van der Waals surface area contributed by atoms with Crippen molar-refractivity contribution >= 4 is 17.7 Å². The van der Waals surface area contributed by atoms with E-state index < -0.39 is 0 Å². The second kappa shape index (κ2) is 7.04. The van der Waals surface area contributed by atoms with Crippen LogP contribution in [0.5, 0.6) is 0 Å². The molecule has 0 atom stereocenters. The summed E-state index contributed by atoms with van der Waals surface area (Å²) in [4.78, 5) is 16.0. The maximum Gasteiger partial charge on any atom is 0.164 e. The number of hydrogen-bond acceptors (Lipinski definition) is 3. The third-order valence-corrected chi connectivity index (χ3v) is 3.20. The van der Waals surface area contributed by atoms with Crippen LogP contribution in [0.3, 0.4) is 0 Å². The van der Waals surface area contributed by atoms with Gasteiger partial charge in [-0.15, -0.1) is 0 Å². The molecule has 1 aromatic rings. The Balaban J connectivity index is 3.11. The molecule has 0 bridgehead atoms. The van der Waals surface area contributed by atoms with Gasteiger partial charge >= 0.3 is 0 Å². The number of hydrogen-bond donors (Lipinski definition) is 1. The van der Waals surface area contributed by atoms with E-state index in [1.807, 2.05) is 45.9 Å². The Kier molecular flexibility index (Phi) is 5.68. The molecular formula is C17H23NO2. The van der Waals surface area contributed by atoms with Crippen molar-refractivity contribution in [2.75, 3.05) is 0 Å². The zero-order valence-electron chi connectivity index (χ0n) is 12.9. The van der Waals surface area contributed by atoms with Crippen molar-refractivity contribution in [3.63, 3.8) is 0 Å². The lowest BCUT2D eigenvalue weighted by Crippen LogP contribution is -2.05. The van der Waals surface area contributed by atoms with E-state index in [0.717, 1.165) is 16.8 Å². The summed E-state index contributed by atoms with van der Waals surface area (Å²) in [6, 6.07) is 5.85. The van der Waals surface area contributed by atoms with E-state index in [1.54, 1.807) is 0 Å². The average Bonchev–Trinajstić information content (AvgIpc) is 2.33. The molecule has 0 aliphatic carbocycles. The fraction of sp³-hybridized carbons (Fsp3) is 0.412. The van der Waals surface area contributed by atoms with E-state index in [9.17, 15) is 9.90 Å². The van der Waals surface area contributed by atoms with E-state index >= 15 is 0 Å². The number of aliphatic hydroxyl groups is 1. The van der Waals surface area contributed by atoms with Gasteiger partial charge < -0.3 is 5.11 Å². The van der Waals surface area contributed by atoms with Gasteiger partial charge in [-0.05, 0) is 43.9 Å². The Morgan fingerprint density at radius 3 is 2.55 bits per heavy atom. The molecule has 0 amide bonds. The van der Waals surface area contributed by atoms with Crippen molar-refractivity contribution in [3.05, 3.63) is 40.7 Å². The predicted octanol–water partition coefficient (Wildman–Crippen LogP) is 4.45. The third kappa shape index (κ3) is 4.34. The molecule has 0 unspecified atom stereocenters. The van der Waals surface area contributed by atoms with E-state index in [2.05, 4.69) is 4.99 Å². The van der Waals surface area contributed by atoms with Crippen molar-refractivity contribution in [1.82, 2.24) is 0 Å². The summed E-state index contributed by atoms with van der Waals surface area (Å²) in [5.74, 6) is 0.234. The zero-order valence-corrected chi connectivity index (χ0v) is 12.9. The molecule has 0 radical (unpaired) electrons. The summed E-state index contributed by atoms with van der Waals surface area (Å²) < 4.78 is 0. The van der Waals surface area contributed by atoms with Crippen LogP contribution < -0.4 is 0 Å². The molecule has 1 N–H and O–H groups in total. The topological polar surface area (TPSA) is 49.7 Å². The zero-order chi connectivity index (χ0) is 15.3. The Hall–Kier alpha value is -1.90. The molecule has 0 saturated carbocycles. The molecule has 0 spiro atoms. The van der Waals surface area contributed by atoms with Crippen molar-refractivity contribution in [3.8, 4) is 0 Å². The average molecular weight is 273 g/mol. The molecule has 3 heteroatoms. The number of rotatable bonds is 5. The Morgan fingerprint density at radius 1 is 1.35 bits per heavy atom. The van der Waals surface area contributed by atoms with Crippen molar-refractivity contribution in [2.45, 2.75) is 41.0 Å². The number of ketones is 1. The molecule has 3 nitrogen and oxygen atoms in total. The molecule has 1 rings (SSSR count). The molecule has 0 aliphatic heterocycles. The van der Waals surface area contributed by atoms with Crippen molar-refractivity contribution in [2.24, 2.45) is 10.9 Å². The minimum atomic E-state index is -0.169. The summed E-state index contributed by atoms with van der Waals surface area (Å²) in [6.07, 6.45) is 1.95. The second-order valence-electron chi connectivity index (χ2n) is 5.49. The Labute approximate surface area is 121 Å². The lowest BCUT2D eigenvalue weighted by molar-refractivity contribution is -0.113. The molecule has 20 heavy (non-hydrogen) atoms. The minimum Gasteiger partial charge on any atom is -0.511 e. The number of aliphatic imine (C=N–C) groups is 1. The van der Waals surface area contributed by atoms with Gasteiger partial charge in [0.2, 0.25) is 0 Å². The SMILES string of the molecule is CC(=O)C(C=Nc1cccc(C)c1C)=C(O)CC(C)C. The number of carbonyl (C=O) groups is 1. The third-order valence-electron chi connectivity index (χ3n) is 3.20. The smallest absolute Gasteiger partial charge is 0.164 e. The van der Waals surface area contributed by atoms with Crippen LogP contribution in [0.1, 0.15) is 38.3 Å². The first-order valence-electron chi connectivity index (χ1n) is 6.86. The van der Waals surface area contributed by atoms with E-state index in [-0.39, 0.29) is 11.5 Å². The molecule has 108 valence electrons. The van der Waals surface area contributed by atoms with Gasteiger partial charge in [0.15, 0.2) is 5.78 Å². The molecule has 0 aliphatic rings. The fourth-order valence-electron chi connectivity index (χ4n) is 1.87. The number of aliphatic hydroxyl groups excluding tert-OH is 1. The predicted molar refractivity (Wildman–Crippen MR) is 83.9 cm³/mol. The van der Waals surface area contributed by atoms with E-state index in [0.29, 0.717) is 17.9 Å².